The fraction of sp³-hybridized carbons (Fsp3) is 0.833. The molecule has 0 saturated carbocycles. The van der Waals surface area contributed by atoms with E-state index in [4.69, 9.17) is 0 Å². The molecule has 0 bridgehead atoms. The second kappa shape index (κ2) is 4.95. The van der Waals surface area contributed by atoms with Crippen LogP contribution in [-0.4, -0.2) is 25.5 Å². The molecule has 16 heavy (non-hydrogen) atoms. The minimum Gasteiger partial charge on any atom is -0.388 e. The fourth-order valence-corrected chi connectivity index (χ4v) is 1.45. The zero-order chi connectivity index (χ0) is 12.3. The van der Waals surface area contributed by atoms with E-state index in [9.17, 15) is 5.11 Å². The van der Waals surface area contributed by atoms with Crippen LogP contribution in [0.5, 0.6) is 0 Å². The van der Waals surface area contributed by atoms with Gasteiger partial charge in [0.25, 0.3) is 0 Å². The average molecular weight is 225 g/mol. The minimum atomic E-state index is -0.734. The number of rotatable bonds is 5. The molecule has 0 aromatic carbocycles. The largest absolute Gasteiger partial charge is 0.388 e. The molecule has 1 heterocycles. The molecule has 1 aromatic heterocycles. The first-order valence-electron chi connectivity index (χ1n) is 6.05. The summed E-state index contributed by atoms with van der Waals surface area (Å²) in [5.41, 5.74) is -0.734. The van der Waals surface area contributed by atoms with Crippen LogP contribution in [0, 0.1) is 5.92 Å². The minimum absolute atomic E-state index is 0.200. The standard InChI is InChI=1S/C12H23N3O/c1-6-10-13-11(7-2)15(14-10)8-12(5,16)9(3)4/h9,16H,6-8H2,1-5H3. The van der Waals surface area contributed by atoms with Gasteiger partial charge < -0.3 is 5.11 Å². The van der Waals surface area contributed by atoms with Crippen molar-refractivity contribution >= 4 is 0 Å². The summed E-state index contributed by atoms with van der Waals surface area (Å²) < 4.78 is 1.85. The Hall–Kier alpha value is -0.900. The molecule has 0 aliphatic heterocycles. The van der Waals surface area contributed by atoms with Crippen LogP contribution in [-0.2, 0) is 19.4 Å². The van der Waals surface area contributed by atoms with Gasteiger partial charge in [-0.2, -0.15) is 5.10 Å². The van der Waals surface area contributed by atoms with Gasteiger partial charge in [0.15, 0.2) is 5.82 Å². The summed E-state index contributed by atoms with van der Waals surface area (Å²) >= 11 is 0. The molecule has 1 N–H and O–H groups in total. The maximum Gasteiger partial charge on any atom is 0.150 e. The molecule has 1 atom stereocenters. The van der Waals surface area contributed by atoms with Crippen LogP contribution in [0.15, 0.2) is 0 Å². The van der Waals surface area contributed by atoms with Crippen LogP contribution in [0.3, 0.4) is 0 Å². The first kappa shape index (κ1) is 13.2. The normalized spacial score (nSPS) is 15.4. The molecule has 0 radical (unpaired) electrons. The van der Waals surface area contributed by atoms with Gasteiger partial charge in [0.05, 0.1) is 12.1 Å². The molecule has 1 rings (SSSR count). The topological polar surface area (TPSA) is 50.9 Å². The molecule has 0 amide bonds. The zero-order valence-corrected chi connectivity index (χ0v) is 11.0. The van der Waals surface area contributed by atoms with Gasteiger partial charge >= 0.3 is 0 Å². The summed E-state index contributed by atoms with van der Waals surface area (Å²) in [6, 6.07) is 0. The van der Waals surface area contributed by atoms with Crippen molar-refractivity contribution in [2.75, 3.05) is 0 Å². The molecular formula is C12H23N3O. The zero-order valence-electron chi connectivity index (χ0n) is 11.0. The van der Waals surface area contributed by atoms with Crippen molar-refractivity contribution in [1.29, 1.82) is 0 Å². The predicted octanol–water partition coefficient (Wildman–Crippen LogP) is 1.81. The van der Waals surface area contributed by atoms with Crippen molar-refractivity contribution in [2.24, 2.45) is 5.92 Å². The lowest BCUT2D eigenvalue weighted by Crippen LogP contribution is -2.37. The fourth-order valence-electron chi connectivity index (χ4n) is 1.45. The second-order valence-electron chi connectivity index (χ2n) is 4.82. The lowest BCUT2D eigenvalue weighted by Gasteiger charge is -2.27. The molecule has 0 saturated heterocycles. The third kappa shape index (κ3) is 2.82. The van der Waals surface area contributed by atoms with E-state index < -0.39 is 5.60 Å². The molecule has 1 unspecified atom stereocenters. The third-order valence-electron chi connectivity index (χ3n) is 3.14. The van der Waals surface area contributed by atoms with Crippen LogP contribution >= 0.6 is 0 Å². The number of hydrogen-bond acceptors (Lipinski definition) is 3. The average Bonchev–Trinajstić information content (AvgIpc) is 2.59. The molecule has 4 heteroatoms. The Bertz CT molecular complexity index is 342. The molecular weight excluding hydrogens is 202 g/mol. The summed E-state index contributed by atoms with van der Waals surface area (Å²) in [4.78, 5) is 4.43. The van der Waals surface area contributed by atoms with E-state index >= 15 is 0 Å². The second-order valence-corrected chi connectivity index (χ2v) is 4.82. The van der Waals surface area contributed by atoms with Crippen molar-refractivity contribution in [3.63, 3.8) is 0 Å². The van der Waals surface area contributed by atoms with E-state index in [0.29, 0.717) is 6.54 Å². The lowest BCUT2D eigenvalue weighted by atomic mass is 9.93. The van der Waals surface area contributed by atoms with Crippen molar-refractivity contribution < 1.29 is 5.11 Å². The number of nitrogens with zero attached hydrogens (tertiary/aromatic N) is 3. The highest BCUT2D eigenvalue weighted by Crippen LogP contribution is 2.19. The smallest absolute Gasteiger partial charge is 0.150 e. The van der Waals surface area contributed by atoms with Crippen LogP contribution < -0.4 is 0 Å². The molecule has 0 aliphatic carbocycles. The molecule has 1 aromatic rings. The van der Waals surface area contributed by atoms with Crippen LogP contribution in [0.1, 0.15) is 46.3 Å². The Morgan fingerprint density at radius 2 is 1.94 bits per heavy atom. The monoisotopic (exact) mass is 225 g/mol. The number of hydrogen-bond donors (Lipinski definition) is 1. The van der Waals surface area contributed by atoms with Crippen molar-refractivity contribution in [3.05, 3.63) is 11.6 Å². The summed E-state index contributed by atoms with van der Waals surface area (Å²) in [6.45, 7) is 10.5. The van der Waals surface area contributed by atoms with Gasteiger partial charge in [-0.15, -0.1) is 0 Å². The van der Waals surface area contributed by atoms with E-state index in [-0.39, 0.29) is 5.92 Å². The summed E-state index contributed by atoms with van der Waals surface area (Å²) in [6.07, 6.45) is 1.69. The van der Waals surface area contributed by atoms with Gasteiger partial charge in [-0.1, -0.05) is 27.7 Å². The number of aliphatic hydroxyl groups is 1. The Kier molecular flexibility index (Phi) is 4.08. The van der Waals surface area contributed by atoms with Crippen LogP contribution in [0.2, 0.25) is 0 Å². The maximum atomic E-state index is 10.3. The van der Waals surface area contributed by atoms with Crippen LogP contribution in [0.4, 0.5) is 0 Å². The SMILES string of the molecule is CCc1nc(CC)n(CC(C)(O)C(C)C)n1. The highest BCUT2D eigenvalue weighted by Gasteiger charge is 2.27. The molecule has 4 nitrogen and oxygen atoms in total. The van der Waals surface area contributed by atoms with E-state index in [1.54, 1.807) is 0 Å². The Morgan fingerprint density at radius 1 is 1.31 bits per heavy atom. The maximum absolute atomic E-state index is 10.3. The number of aromatic nitrogens is 3. The van der Waals surface area contributed by atoms with Gasteiger partial charge in [-0.05, 0) is 12.8 Å². The van der Waals surface area contributed by atoms with Gasteiger partial charge in [0.2, 0.25) is 0 Å². The predicted molar refractivity (Wildman–Crippen MR) is 64.2 cm³/mol. The van der Waals surface area contributed by atoms with E-state index in [0.717, 1.165) is 24.5 Å². The van der Waals surface area contributed by atoms with Crippen LogP contribution in [0.25, 0.3) is 0 Å². The van der Waals surface area contributed by atoms with Gasteiger partial charge in [-0.3, -0.25) is 0 Å². The summed E-state index contributed by atoms with van der Waals surface area (Å²) in [7, 11) is 0. The van der Waals surface area contributed by atoms with Gasteiger partial charge in [0, 0.05) is 12.8 Å². The Labute approximate surface area is 97.7 Å². The highest BCUT2D eigenvalue weighted by atomic mass is 16.3. The third-order valence-corrected chi connectivity index (χ3v) is 3.14. The molecule has 92 valence electrons. The summed E-state index contributed by atoms with van der Waals surface area (Å²) in [5.74, 6) is 2.01. The van der Waals surface area contributed by atoms with Gasteiger partial charge in [0.1, 0.15) is 5.82 Å². The Balaban J connectivity index is 2.91. The highest BCUT2D eigenvalue weighted by molar-refractivity contribution is 4.94. The van der Waals surface area contributed by atoms with Crippen molar-refractivity contribution in [3.8, 4) is 0 Å². The first-order chi connectivity index (χ1) is 7.40. The van der Waals surface area contributed by atoms with Gasteiger partial charge in [-0.25, -0.2) is 9.67 Å². The molecule has 0 aliphatic rings. The quantitative estimate of drug-likeness (QED) is 0.831. The molecule has 0 fully saturated rings. The lowest BCUT2D eigenvalue weighted by molar-refractivity contribution is -0.00652. The molecule has 0 spiro atoms. The van der Waals surface area contributed by atoms with E-state index in [1.165, 1.54) is 0 Å². The Morgan fingerprint density at radius 3 is 2.38 bits per heavy atom. The first-order valence-corrected chi connectivity index (χ1v) is 6.05. The van der Waals surface area contributed by atoms with E-state index in [2.05, 4.69) is 17.0 Å². The van der Waals surface area contributed by atoms with E-state index in [1.807, 2.05) is 32.4 Å². The summed E-state index contributed by atoms with van der Waals surface area (Å²) in [5, 5.41) is 14.7. The number of aryl methyl sites for hydroxylation is 2. The van der Waals surface area contributed by atoms with Crippen molar-refractivity contribution in [2.45, 2.75) is 59.6 Å². The van der Waals surface area contributed by atoms with Crippen molar-refractivity contribution in [1.82, 2.24) is 14.8 Å².